The molecule has 106 valence electrons. The van der Waals surface area contributed by atoms with Crippen molar-refractivity contribution < 1.29 is 4.79 Å². The van der Waals surface area contributed by atoms with Crippen LogP contribution in [0.4, 0.5) is 0 Å². The first-order chi connectivity index (χ1) is 9.20. The first-order valence-electron chi connectivity index (χ1n) is 8.19. The van der Waals surface area contributed by atoms with Crippen molar-refractivity contribution in [3.63, 3.8) is 0 Å². The Morgan fingerprint density at radius 2 is 1.63 bits per heavy atom. The normalized spacial score (nSPS) is 43.5. The van der Waals surface area contributed by atoms with Crippen LogP contribution in [-0.2, 0) is 4.79 Å². The maximum absolute atomic E-state index is 12.4. The average Bonchev–Trinajstić information content (AvgIpc) is 3.18. The lowest BCUT2D eigenvalue weighted by Crippen LogP contribution is -2.57. The van der Waals surface area contributed by atoms with Crippen molar-refractivity contribution >= 4 is 5.91 Å². The van der Waals surface area contributed by atoms with Crippen LogP contribution in [0.2, 0.25) is 0 Å². The maximum atomic E-state index is 12.4. The zero-order valence-electron chi connectivity index (χ0n) is 12.0. The van der Waals surface area contributed by atoms with Crippen molar-refractivity contribution in [1.29, 1.82) is 0 Å². The van der Waals surface area contributed by atoms with Gasteiger partial charge in [-0.1, -0.05) is 0 Å². The lowest BCUT2D eigenvalue weighted by atomic mass is 9.54. The van der Waals surface area contributed by atoms with E-state index in [1.54, 1.807) is 0 Å². The summed E-state index contributed by atoms with van der Waals surface area (Å²) in [5, 5.41) is 3.37. The summed E-state index contributed by atoms with van der Waals surface area (Å²) >= 11 is 0. The van der Waals surface area contributed by atoms with Crippen LogP contribution in [-0.4, -0.2) is 36.5 Å². The van der Waals surface area contributed by atoms with Crippen LogP contribution in [0.5, 0.6) is 0 Å². The summed E-state index contributed by atoms with van der Waals surface area (Å²) in [5.41, 5.74) is 0. The zero-order valence-corrected chi connectivity index (χ0v) is 12.0. The molecule has 0 spiro atoms. The standard InChI is InChI=1S/C16H26N2O/c1-18(15(19)9-17-14-2-3-14)16-12-5-10-4-11(7-12)8-13(16)6-10/h10-14,16-17H,2-9H2,1H3. The second kappa shape index (κ2) is 4.47. The van der Waals surface area contributed by atoms with Crippen LogP contribution in [0.1, 0.15) is 44.9 Å². The van der Waals surface area contributed by atoms with E-state index in [1.165, 1.54) is 44.9 Å². The number of hydrogen-bond acceptors (Lipinski definition) is 2. The van der Waals surface area contributed by atoms with Gasteiger partial charge in [0.1, 0.15) is 0 Å². The van der Waals surface area contributed by atoms with Crippen molar-refractivity contribution in [2.75, 3.05) is 13.6 Å². The molecule has 0 saturated heterocycles. The Balaban J connectivity index is 1.41. The van der Waals surface area contributed by atoms with Gasteiger partial charge in [-0.05, 0) is 68.6 Å². The van der Waals surface area contributed by atoms with E-state index < -0.39 is 0 Å². The summed E-state index contributed by atoms with van der Waals surface area (Å²) < 4.78 is 0. The van der Waals surface area contributed by atoms with Crippen molar-refractivity contribution in [1.82, 2.24) is 10.2 Å². The number of amides is 1. The molecular weight excluding hydrogens is 236 g/mol. The minimum absolute atomic E-state index is 0.323. The van der Waals surface area contributed by atoms with Crippen LogP contribution in [0.25, 0.3) is 0 Å². The number of carbonyl (C=O) groups excluding carboxylic acids is 1. The summed E-state index contributed by atoms with van der Waals surface area (Å²) in [6.07, 6.45) is 9.58. The predicted octanol–water partition coefficient (Wildman–Crippen LogP) is 2.02. The highest BCUT2D eigenvalue weighted by Crippen LogP contribution is 2.54. The van der Waals surface area contributed by atoms with E-state index in [4.69, 9.17) is 0 Å². The second-order valence-corrected chi connectivity index (χ2v) is 7.58. The molecule has 0 aliphatic heterocycles. The molecule has 1 amide bonds. The first kappa shape index (κ1) is 12.2. The molecule has 0 aromatic heterocycles. The molecule has 5 rings (SSSR count). The summed E-state index contributed by atoms with van der Waals surface area (Å²) in [6, 6.07) is 1.19. The molecule has 0 atom stereocenters. The second-order valence-electron chi connectivity index (χ2n) is 7.58. The third-order valence-electron chi connectivity index (χ3n) is 6.14. The van der Waals surface area contributed by atoms with Crippen LogP contribution in [0.3, 0.4) is 0 Å². The number of hydrogen-bond donors (Lipinski definition) is 1. The SMILES string of the molecule is CN(C(=O)CNC1CC1)C1C2CC3CC(C2)CC1C3. The number of carbonyl (C=O) groups is 1. The molecule has 3 nitrogen and oxygen atoms in total. The number of nitrogens with one attached hydrogen (secondary N) is 1. The lowest BCUT2D eigenvalue weighted by molar-refractivity contribution is -0.140. The smallest absolute Gasteiger partial charge is 0.236 e. The lowest BCUT2D eigenvalue weighted by Gasteiger charge is -2.56. The molecule has 1 N–H and O–H groups in total. The van der Waals surface area contributed by atoms with E-state index in [9.17, 15) is 4.79 Å². The molecular formula is C16H26N2O. The van der Waals surface area contributed by atoms with Gasteiger partial charge in [0.05, 0.1) is 6.54 Å². The van der Waals surface area contributed by atoms with Gasteiger partial charge in [0.25, 0.3) is 0 Å². The van der Waals surface area contributed by atoms with E-state index in [0.717, 1.165) is 23.7 Å². The van der Waals surface area contributed by atoms with E-state index in [1.807, 2.05) is 0 Å². The Kier molecular flexibility index (Phi) is 2.87. The van der Waals surface area contributed by atoms with Gasteiger partial charge in [0.15, 0.2) is 0 Å². The van der Waals surface area contributed by atoms with E-state index >= 15 is 0 Å². The third-order valence-corrected chi connectivity index (χ3v) is 6.14. The van der Waals surface area contributed by atoms with Gasteiger partial charge in [-0.2, -0.15) is 0 Å². The minimum Gasteiger partial charge on any atom is -0.341 e. The Labute approximate surface area is 116 Å². The van der Waals surface area contributed by atoms with Gasteiger partial charge in [-0.15, -0.1) is 0 Å². The molecule has 4 bridgehead atoms. The van der Waals surface area contributed by atoms with Gasteiger partial charge >= 0.3 is 0 Å². The fraction of sp³-hybridized carbons (Fsp3) is 0.938. The highest BCUT2D eigenvalue weighted by Gasteiger charge is 2.50. The Morgan fingerprint density at radius 3 is 2.16 bits per heavy atom. The van der Waals surface area contributed by atoms with Crippen molar-refractivity contribution in [2.45, 2.75) is 57.0 Å². The molecule has 19 heavy (non-hydrogen) atoms. The van der Waals surface area contributed by atoms with E-state index in [2.05, 4.69) is 17.3 Å². The Bertz CT molecular complexity index is 349. The largest absolute Gasteiger partial charge is 0.341 e. The van der Waals surface area contributed by atoms with Crippen LogP contribution < -0.4 is 5.32 Å². The number of nitrogens with zero attached hydrogens (tertiary/aromatic N) is 1. The molecule has 3 heteroatoms. The molecule has 0 unspecified atom stereocenters. The quantitative estimate of drug-likeness (QED) is 0.840. The summed E-state index contributed by atoms with van der Waals surface area (Å²) in [5.74, 6) is 3.93. The average molecular weight is 262 g/mol. The molecule has 5 saturated carbocycles. The van der Waals surface area contributed by atoms with Crippen molar-refractivity contribution in [3.8, 4) is 0 Å². The Hall–Kier alpha value is -0.570. The zero-order chi connectivity index (χ0) is 13.0. The Morgan fingerprint density at radius 1 is 1.05 bits per heavy atom. The van der Waals surface area contributed by atoms with Crippen LogP contribution in [0.15, 0.2) is 0 Å². The van der Waals surface area contributed by atoms with E-state index in [0.29, 0.717) is 24.5 Å². The topological polar surface area (TPSA) is 32.3 Å². The molecule has 0 heterocycles. The molecule has 0 aromatic carbocycles. The van der Waals surface area contributed by atoms with Crippen molar-refractivity contribution in [2.24, 2.45) is 23.7 Å². The third kappa shape index (κ3) is 2.20. The van der Waals surface area contributed by atoms with Crippen molar-refractivity contribution in [3.05, 3.63) is 0 Å². The fourth-order valence-corrected chi connectivity index (χ4v) is 5.34. The number of rotatable bonds is 4. The molecule has 5 fully saturated rings. The monoisotopic (exact) mass is 262 g/mol. The van der Waals surface area contributed by atoms with Gasteiger partial charge in [0, 0.05) is 19.1 Å². The molecule has 5 aliphatic rings. The number of likely N-dealkylation sites (N-methyl/N-ethyl adjacent to an activating group) is 1. The highest BCUT2D eigenvalue weighted by atomic mass is 16.2. The molecule has 5 aliphatic carbocycles. The van der Waals surface area contributed by atoms with Gasteiger partial charge < -0.3 is 10.2 Å². The van der Waals surface area contributed by atoms with Gasteiger partial charge in [-0.3, -0.25) is 4.79 Å². The summed E-state index contributed by atoms with van der Waals surface area (Å²) in [6.45, 7) is 0.559. The highest BCUT2D eigenvalue weighted by molar-refractivity contribution is 5.78. The van der Waals surface area contributed by atoms with E-state index in [-0.39, 0.29) is 0 Å². The predicted molar refractivity (Wildman–Crippen MR) is 74.6 cm³/mol. The van der Waals surface area contributed by atoms with Crippen LogP contribution >= 0.6 is 0 Å². The minimum atomic E-state index is 0.323. The molecule has 0 radical (unpaired) electrons. The fourth-order valence-electron chi connectivity index (χ4n) is 5.34. The summed E-state index contributed by atoms with van der Waals surface area (Å²) in [7, 11) is 2.06. The van der Waals surface area contributed by atoms with Gasteiger partial charge in [-0.25, -0.2) is 0 Å². The maximum Gasteiger partial charge on any atom is 0.236 e. The summed E-state index contributed by atoms with van der Waals surface area (Å²) in [4.78, 5) is 14.5. The first-order valence-corrected chi connectivity index (χ1v) is 8.19. The van der Waals surface area contributed by atoms with Crippen LogP contribution in [0, 0.1) is 23.7 Å². The van der Waals surface area contributed by atoms with Gasteiger partial charge in [0.2, 0.25) is 5.91 Å². The molecule has 0 aromatic rings.